The topological polar surface area (TPSA) is 102 Å². The number of carbonyl (C=O) groups is 2. The number of anilines is 1. The Morgan fingerprint density at radius 1 is 1.07 bits per heavy atom. The van der Waals surface area contributed by atoms with Gasteiger partial charge in [-0.1, -0.05) is 12.1 Å². The average Bonchev–Trinajstić information content (AvgIpc) is 3.17. The first-order chi connectivity index (χ1) is 13.5. The Bertz CT molecular complexity index is 1030. The summed E-state index contributed by atoms with van der Waals surface area (Å²) in [5.74, 6) is 0.350. The van der Waals surface area contributed by atoms with Gasteiger partial charge in [0.15, 0.2) is 0 Å². The van der Waals surface area contributed by atoms with E-state index < -0.39 is 5.97 Å². The fraction of sp³-hybridized carbons (Fsp3) is 0.0952. The second-order valence-electron chi connectivity index (χ2n) is 5.76. The van der Waals surface area contributed by atoms with Gasteiger partial charge in [-0.25, -0.2) is 4.79 Å². The van der Waals surface area contributed by atoms with Crippen molar-refractivity contribution >= 4 is 17.6 Å². The summed E-state index contributed by atoms with van der Waals surface area (Å²) in [4.78, 5) is 23.2. The normalized spacial score (nSPS) is 10.0. The highest BCUT2D eigenvalue weighted by molar-refractivity contribution is 5.89. The molecule has 1 N–H and O–H groups in total. The number of hydrogen-bond donors (Lipinski definition) is 1. The number of nitriles is 1. The summed E-state index contributed by atoms with van der Waals surface area (Å²) in [7, 11) is 0. The first kappa shape index (κ1) is 18.7. The summed E-state index contributed by atoms with van der Waals surface area (Å²) in [6, 6.07) is 18.4. The van der Waals surface area contributed by atoms with Crippen LogP contribution in [0.1, 0.15) is 28.8 Å². The standard InChI is InChI=1S/C21H16N2O5/c1-14(24)23-16-6-8-17(9-7-16)28-21(25)20-11-10-18(27-20)13-26-19-5-3-2-4-15(19)12-22/h2-11H,13H2,1H3,(H,23,24). The van der Waals surface area contributed by atoms with Crippen molar-refractivity contribution in [3.8, 4) is 17.6 Å². The van der Waals surface area contributed by atoms with Crippen LogP contribution in [-0.2, 0) is 11.4 Å². The Hall–Kier alpha value is -4.05. The minimum atomic E-state index is -0.657. The van der Waals surface area contributed by atoms with Crippen LogP contribution in [0.3, 0.4) is 0 Å². The molecule has 0 unspecified atom stereocenters. The van der Waals surface area contributed by atoms with E-state index in [9.17, 15) is 9.59 Å². The maximum Gasteiger partial charge on any atom is 0.379 e. The van der Waals surface area contributed by atoms with E-state index in [1.807, 2.05) is 6.07 Å². The number of amides is 1. The molecule has 0 bridgehead atoms. The predicted octanol–water partition coefficient (Wildman–Crippen LogP) is 3.91. The zero-order valence-electron chi connectivity index (χ0n) is 15.0. The van der Waals surface area contributed by atoms with Crippen LogP contribution in [-0.4, -0.2) is 11.9 Å². The summed E-state index contributed by atoms with van der Waals surface area (Å²) in [6.07, 6.45) is 0. The van der Waals surface area contributed by atoms with Crippen molar-refractivity contribution in [2.75, 3.05) is 5.32 Å². The lowest BCUT2D eigenvalue weighted by Crippen LogP contribution is -2.08. The molecule has 0 saturated heterocycles. The summed E-state index contributed by atoms with van der Waals surface area (Å²) < 4.78 is 16.3. The predicted molar refractivity (Wildman–Crippen MR) is 99.9 cm³/mol. The van der Waals surface area contributed by atoms with Crippen LogP contribution in [0.4, 0.5) is 5.69 Å². The Morgan fingerprint density at radius 2 is 1.82 bits per heavy atom. The van der Waals surface area contributed by atoms with E-state index in [0.717, 1.165) is 0 Å². The molecule has 3 aromatic rings. The number of para-hydroxylation sites is 1. The van der Waals surface area contributed by atoms with Gasteiger partial charge in [0.05, 0.1) is 5.56 Å². The molecule has 7 nitrogen and oxygen atoms in total. The molecule has 1 aromatic heterocycles. The zero-order chi connectivity index (χ0) is 19.9. The average molecular weight is 376 g/mol. The fourth-order valence-corrected chi connectivity index (χ4v) is 2.37. The third kappa shape index (κ3) is 4.77. The van der Waals surface area contributed by atoms with Gasteiger partial charge >= 0.3 is 5.97 Å². The molecule has 1 heterocycles. The maximum atomic E-state index is 12.2. The molecule has 0 spiro atoms. The van der Waals surface area contributed by atoms with Gasteiger partial charge in [-0.05, 0) is 48.5 Å². The lowest BCUT2D eigenvalue weighted by molar-refractivity contribution is -0.114. The molecule has 0 radical (unpaired) electrons. The maximum absolute atomic E-state index is 12.2. The summed E-state index contributed by atoms with van der Waals surface area (Å²) >= 11 is 0. The zero-order valence-corrected chi connectivity index (χ0v) is 15.0. The monoisotopic (exact) mass is 376 g/mol. The molecule has 2 aromatic carbocycles. The van der Waals surface area contributed by atoms with Crippen molar-refractivity contribution in [2.45, 2.75) is 13.5 Å². The molecule has 28 heavy (non-hydrogen) atoms. The van der Waals surface area contributed by atoms with E-state index in [0.29, 0.717) is 28.5 Å². The third-order valence-corrected chi connectivity index (χ3v) is 3.63. The Balaban J connectivity index is 1.59. The summed E-state index contributed by atoms with van der Waals surface area (Å²) in [5, 5.41) is 11.7. The number of furan rings is 1. The highest BCUT2D eigenvalue weighted by Gasteiger charge is 2.14. The minimum absolute atomic E-state index is 0.0260. The quantitative estimate of drug-likeness (QED) is 0.517. The van der Waals surface area contributed by atoms with Crippen LogP contribution in [0.2, 0.25) is 0 Å². The van der Waals surface area contributed by atoms with E-state index >= 15 is 0 Å². The second-order valence-corrected chi connectivity index (χ2v) is 5.76. The van der Waals surface area contributed by atoms with Crippen molar-refractivity contribution in [1.29, 1.82) is 5.26 Å². The highest BCUT2D eigenvalue weighted by atomic mass is 16.5. The molecule has 0 aliphatic carbocycles. The van der Waals surface area contributed by atoms with Crippen molar-refractivity contribution in [3.05, 3.63) is 77.7 Å². The largest absolute Gasteiger partial charge is 0.484 e. The van der Waals surface area contributed by atoms with Crippen LogP contribution in [0.25, 0.3) is 0 Å². The Labute approximate surface area is 161 Å². The smallest absolute Gasteiger partial charge is 0.379 e. The van der Waals surface area contributed by atoms with E-state index in [1.165, 1.54) is 13.0 Å². The second kappa shape index (κ2) is 8.56. The molecule has 0 fully saturated rings. The highest BCUT2D eigenvalue weighted by Crippen LogP contribution is 2.20. The van der Waals surface area contributed by atoms with Crippen molar-refractivity contribution in [3.63, 3.8) is 0 Å². The summed E-state index contributed by atoms with van der Waals surface area (Å²) in [6.45, 7) is 1.47. The molecule has 0 atom stereocenters. The van der Waals surface area contributed by atoms with Crippen molar-refractivity contribution < 1.29 is 23.5 Å². The van der Waals surface area contributed by atoms with Crippen LogP contribution in [0.15, 0.2) is 65.1 Å². The first-order valence-electron chi connectivity index (χ1n) is 8.35. The lowest BCUT2D eigenvalue weighted by Gasteiger charge is -2.06. The van der Waals surface area contributed by atoms with Crippen LogP contribution in [0.5, 0.6) is 11.5 Å². The van der Waals surface area contributed by atoms with Gasteiger partial charge < -0.3 is 19.2 Å². The number of nitrogens with one attached hydrogen (secondary N) is 1. The number of esters is 1. The van der Waals surface area contributed by atoms with Gasteiger partial charge in [0.2, 0.25) is 11.7 Å². The molecule has 1 amide bonds. The number of rotatable bonds is 6. The number of ether oxygens (including phenoxy) is 2. The van der Waals surface area contributed by atoms with Gasteiger partial charge in [-0.3, -0.25) is 4.79 Å². The molecule has 0 saturated carbocycles. The number of hydrogen-bond acceptors (Lipinski definition) is 6. The molecule has 7 heteroatoms. The van der Waals surface area contributed by atoms with Crippen LogP contribution >= 0.6 is 0 Å². The number of nitrogens with zero attached hydrogens (tertiary/aromatic N) is 1. The molecular weight excluding hydrogens is 360 g/mol. The molecule has 0 aliphatic heterocycles. The van der Waals surface area contributed by atoms with Gasteiger partial charge in [-0.2, -0.15) is 5.26 Å². The first-order valence-corrected chi connectivity index (χ1v) is 8.35. The van der Waals surface area contributed by atoms with Gasteiger partial charge in [0, 0.05) is 12.6 Å². The van der Waals surface area contributed by atoms with Crippen molar-refractivity contribution in [2.24, 2.45) is 0 Å². The summed E-state index contributed by atoms with van der Waals surface area (Å²) in [5.41, 5.74) is 1.01. The van der Waals surface area contributed by atoms with Crippen LogP contribution in [0, 0.1) is 11.3 Å². The lowest BCUT2D eigenvalue weighted by atomic mass is 10.2. The van der Waals surface area contributed by atoms with Crippen LogP contribution < -0.4 is 14.8 Å². The third-order valence-electron chi connectivity index (χ3n) is 3.63. The van der Waals surface area contributed by atoms with Gasteiger partial charge in [-0.15, -0.1) is 0 Å². The van der Waals surface area contributed by atoms with Gasteiger partial charge in [0.25, 0.3) is 0 Å². The SMILES string of the molecule is CC(=O)Nc1ccc(OC(=O)c2ccc(COc3ccccc3C#N)o2)cc1. The Morgan fingerprint density at radius 3 is 2.54 bits per heavy atom. The van der Waals surface area contributed by atoms with Crippen molar-refractivity contribution in [1.82, 2.24) is 0 Å². The van der Waals surface area contributed by atoms with Gasteiger partial charge in [0.1, 0.15) is 29.9 Å². The molecule has 140 valence electrons. The number of benzene rings is 2. The van der Waals surface area contributed by atoms with E-state index in [4.69, 9.17) is 19.2 Å². The minimum Gasteiger partial charge on any atom is -0.484 e. The fourth-order valence-electron chi connectivity index (χ4n) is 2.37. The van der Waals surface area contributed by atoms with E-state index in [-0.39, 0.29) is 18.3 Å². The molecular formula is C21H16N2O5. The van der Waals surface area contributed by atoms with E-state index in [1.54, 1.807) is 54.6 Å². The molecule has 0 aliphatic rings. The van der Waals surface area contributed by atoms with E-state index in [2.05, 4.69) is 5.32 Å². The Kier molecular flexibility index (Phi) is 5.72. The number of carbonyl (C=O) groups excluding carboxylic acids is 2. The molecule has 3 rings (SSSR count).